The number of rotatable bonds is 10. The normalized spacial score (nSPS) is 10.9. The Labute approximate surface area is 185 Å². The SMILES string of the molecule is CCN(CC)CCOc1cc(NC(=O)c2cnc(-c3ccccc3F)s2)ccc1OC. The van der Waals surface area contributed by atoms with E-state index in [2.05, 4.69) is 29.0 Å². The predicted octanol–water partition coefficient (Wildman–Crippen LogP) is 4.93. The number of likely N-dealkylation sites (N-methyl/N-ethyl adjacent to an activating group) is 1. The number of benzene rings is 2. The van der Waals surface area contributed by atoms with Gasteiger partial charge in [-0.3, -0.25) is 4.79 Å². The summed E-state index contributed by atoms with van der Waals surface area (Å²) in [4.78, 5) is 19.5. The molecule has 0 saturated carbocycles. The summed E-state index contributed by atoms with van der Waals surface area (Å²) in [7, 11) is 1.58. The van der Waals surface area contributed by atoms with Crippen molar-refractivity contribution in [3.05, 3.63) is 59.4 Å². The average Bonchev–Trinajstić information content (AvgIpc) is 3.27. The van der Waals surface area contributed by atoms with Crippen LogP contribution in [-0.4, -0.2) is 49.1 Å². The zero-order valence-corrected chi connectivity index (χ0v) is 18.7. The van der Waals surface area contributed by atoms with Crippen LogP contribution in [0.3, 0.4) is 0 Å². The van der Waals surface area contributed by atoms with Crippen molar-refractivity contribution in [1.29, 1.82) is 0 Å². The second-order valence-corrected chi connectivity index (χ2v) is 7.74. The standard InChI is InChI=1S/C23H26FN3O3S/c1-4-27(5-2)12-13-30-20-14-16(10-11-19(20)29-3)26-22(28)21-15-25-23(31-21)17-8-6-7-9-18(17)24/h6-11,14-15H,4-5,12-13H2,1-3H3,(H,26,28). The van der Waals surface area contributed by atoms with Crippen molar-refractivity contribution in [3.63, 3.8) is 0 Å². The summed E-state index contributed by atoms with van der Waals surface area (Å²) in [6.45, 7) is 7.44. The third-order valence-electron chi connectivity index (χ3n) is 4.81. The molecule has 0 atom stereocenters. The fraction of sp³-hybridized carbons (Fsp3) is 0.304. The Bertz CT molecular complexity index is 1020. The third-order valence-corrected chi connectivity index (χ3v) is 5.84. The quantitative estimate of drug-likeness (QED) is 0.481. The maximum Gasteiger partial charge on any atom is 0.267 e. The van der Waals surface area contributed by atoms with Crippen LogP contribution in [0, 0.1) is 5.82 Å². The van der Waals surface area contributed by atoms with Crippen molar-refractivity contribution in [2.45, 2.75) is 13.8 Å². The number of carbonyl (C=O) groups excluding carboxylic acids is 1. The molecule has 0 bridgehead atoms. The lowest BCUT2D eigenvalue weighted by atomic mass is 10.2. The molecule has 164 valence electrons. The number of anilines is 1. The predicted molar refractivity (Wildman–Crippen MR) is 122 cm³/mol. The molecule has 0 spiro atoms. The first-order chi connectivity index (χ1) is 15.0. The molecule has 3 rings (SSSR count). The molecule has 1 amide bonds. The van der Waals surface area contributed by atoms with Crippen LogP contribution >= 0.6 is 11.3 Å². The molecule has 1 heterocycles. The van der Waals surface area contributed by atoms with Crippen LogP contribution in [-0.2, 0) is 0 Å². The van der Waals surface area contributed by atoms with Crippen molar-refractivity contribution in [3.8, 4) is 22.1 Å². The van der Waals surface area contributed by atoms with Crippen LogP contribution in [0.5, 0.6) is 11.5 Å². The third kappa shape index (κ3) is 5.80. The van der Waals surface area contributed by atoms with Gasteiger partial charge >= 0.3 is 0 Å². The number of methoxy groups -OCH3 is 1. The van der Waals surface area contributed by atoms with Crippen LogP contribution in [0.25, 0.3) is 10.6 Å². The number of aromatic nitrogens is 1. The summed E-state index contributed by atoms with van der Waals surface area (Å²) in [5.74, 6) is 0.464. The van der Waals surface area contributed by atoms with Crippen LogP contribution in [0.4, 0.5) is 10.1 Å². The molecule has 1 N–H and O–H groups in total. The zero-order valence-electron chi connectivity index (χ0n) is 17.9. The van der Waals surface area contributed by atoms with Crippen LogP contribution < -0.4 is 14.8 Å². The van der Waals surface area contributed by atoms with Gasteiger partial charge < -0.3 is 19.7 Å². The largest absolute Gasteiger partial charge is 0.493 e. The van der Waals surface area contributed by atoms with Gasteiger partial charge in [0.15, 0.2) is 11.5 Å². The van der Waals surface area contributed by atoms with E-state index in [0.29, 0.717) is 39.2 Å². The van der Waals surface area contributed by atoms with E-state index < -0.39 is 0 Å². The number of thiazole rings is 1. The summed E-state index contributed by atoms with van der Waals surface area (Å²) < 4.78 is 25.2. The second kappa shape index (κ2) is 10.9. The molecule has 0 aliphatic carbocycles. The number of amides is 1. The van der Waals surface area contributed by atoms with Crippen molar-refractivity contribution in [2.75, 3.05) is 38.7 Å². The van der Waals surface area contributed by atoms with Gasteiger partial charge in [0.2, 0.25) is 0 Å². The van der Waals surface area contributed by atoms with E-state index in [-0.39, 0.29) is 11.7 Å². The number of carbonyl (C=O) groups is 1. The van der Waals surface area contributed by atoms with E-state index in [1.165, 1.54) is 12.3 Å². The van der Waals surface area contributed by atoms with Crippen molar-refractivity contribution >= 4 is 22.9 Å². The van der Waals surface area contributed by atoms with Crippen molar-refractivity contribution in [2.24, 2.45) is 0 Å². The molecule has 0 aliphatic heterocycles. The van der Waals surface area contributed by atoms with Gasteiger partial charge in [0, 0.05) is 23.9 Å². The highest BCUT2D eigenvalue weighted by Gasteiger charge is 2.15. The lowest BCUT2D eigenvalue weighted by Crippen LogP contribution is -2.28. The molecule has 3 aromatic rings. The smallest absolute Gasteiger partial charge is 0.267 e. The zero-order chi connectivity index (χ0) is 22.2. The number of nitrogens with one attached hydrogen (secondary N) is 1. The van der Waals surface area contributed by atoms with Crippen molar-refractivity contribution < 1.29 is 18.7 Å². The maximum absolute atomic E-state index is 14.0. The number of hydrogen-bond donors (Lipinski definition) is 1. The Morgan fingerprint density at radius 3 is 2.65 bits per heavy atom. The molecule has 2 aromatic carbocycles. The summed E-state index contributed by atoms with van der Waals surface area (Å²) in [6.07, 6.45) is 1.45. The first-order valence-corrected chi connectivity index (χ1v) is 10.9. The Kier molecular flexibility index (Phi) is 7.97. The first-order valence-electron chi connectivity index (χ1n) is 10.1. The van der Waals surface area contributed by atoms with Crippen molar-refractivity contribution in [1.82, 2.24) is 9.88 Å². The topological polar surface area (TPSA) is 63.7 Å². The van der Waals surface area contributed by atoms with Gasteiger partial charge in [-0.1, -0.05) is 26.0 Å². The molecule has 31 heavy (non-hydrogen) atoms. The van der Waals surface area contributed by atoms with Gasteiger partial charge in [-0.15, -0.1) is 11.3 Å². The Balaban J connectivity index is 1.69. The first kappa shape index (κ1) is 22.7. The lowest BCUT2D eigenvalue weighted by Gasteiger charge is -2.19. The van der Waals surface area contributed by atoms with E-state index in [4.69, 9.17) is 9.47 Å². The lowest BCUT2D eigenvalue weighted by molar-refractivity contribution is 0.103. The fourth-order valence-electron chi connectivity index (χ4n) is 3.02. The van der Waals surface area contributed by atoms with Gasteiger partial charge in [0.1, 0.15) is 22.3 Å². The molecule has 8 heteroatoms. The second-order valence-electron chi connectivity index (χ2n) is 6.70. The van der Waals surface area contributed by atoms with Crippen LogP contribution in [0.15, 0.2) is 48.7 Å². The molecular formula is C23H26FN3O3S. The Hall–Kier alpha value is -2.97. The highest BCUT2D eigenvalue weighted by molar-refractivity contribution is 7.17. The van der Waals surface area contributed by atoms with E-state index in [1.807, 2.05) is 0 Å². The Morgan fingerprint density at radius 2 is 1.94 bits per heavy atom. The fourth-order valence-corrected chi connectivity index (χ4v) is 3.86. The highest BCUT2D eigenvalue weighted by Crippen LogP contribution is 2.31. The van der Waals surface area contributed by atoms with Gasteiger partial charge in [-0.2, -0.15) is 0 Å². The minimum atomic E-state index is -0.370. The minimum absolute atomic E-state index is 0.320. The number of ether oxygens (including phenoxy) is 2. The van der Waals surface area contributed by atoms with E-state index in [9.17, 15) is 9.18 Å². The Morgan fingerprint density at radius 1 is 1.16 bits per heavy atom. The molecule has 6 nitrogen and oxygen atoms in total. The molecule has 0 saturated heterocycles. The molecule has 0 fully saturated rings. The van der Waals surface area contributed by atoms with Gasteiger partial charge in [0.05, 0.1) is 13.3 Å². The summed E-state index contributed by atoms with van der Waals surface area (Å²) in [5.41, 5.74) is 0.948. The van der Waals surface area contributed by atoms with Gasteiger partial charge in [-0.25, -0.2) is 9.37 Å². The monoisotopic (exact) mass is 443 g/mol. The number of nitrogens with zero attached hydrogens (tertiary/aromatic N) is 2. The highest BCUT2D eigenvalue weighted by atomic mass is 32.1. The summed E-state index contributed by atoms with van der Waals surface area (Å²) in [5, 5.41) is 3.30. The summed E-state index contributed by atoms with van der Waals surface area (Å²) in [6, 6.07) is 11.6. The molecule has 0 aliphatic rings. The van der Waals surface area contributed by atoms with E-state index in [1.54, 1.807) is 43.5 Å². The molecule has 1 aromatic heterocycles. The molecule has 0 unspecified atom stereocenters. The summed E-state index contributed by atoms with van der Waals surface area (Å²) >= 11 is 1.14. The maximum atomic E-state index is 14.0. The van der Waals surface area contributed by atoms with E-state index in [0.717, 1.165) is 31.0 Å². The van der Waals surface area contributed by atoms with E-state index >= 15 is 0 Å². The van der Waals surface area contributed by atoms with Gasteiger partial charge in [-0.05, 0) is 37.4 Å². The molecular weight excluding hydrogens is 417 g/mol. The minimum Gasteiger partial charge on any atom is -0.493 e. The average molecular weight is 444 g/mol. The number of hydrogen-bond acceptors (Lipinski definition) is 6. The molecule has 0 radical (unpaired) electrons. The van der Waals surface area contributed by atoms with Gasteiger partial charge in [0.25, 0.3) is 5.91 Å². The van der Waals surface area contributed by atoms with Crippen LogP contribution in [0.1, 0.15) is 23.5 Å². The number of halogens is 1. The van der Waals surface area contributed by atoms with Crippen LogP contribution in [0.2, 0.25) is 0 Å².